The molecule has 2 nitrogen and oxygen atoms in total. The second-order valence-corrected chi connectivity index (χ2v) is 5.19. The Morgan fingerprint density at radius 2 is 1.88 bits per heavy atom. The van der Waals surface area contributed by atoms with Crippen LogP contribution in [0.3, 0.4) is 0 Å². The fraction of sp³-hybridized carbons (Fsp3) is 0.571. The predicted molar refractivity (Wildman–Crippen MR) is 67.6 cm³/mol. The Morgan fingerprint density at radius 3 is 2.47 bits per heavy atom. The Morgan fingerprint density at radius 1 is 1.24 bits per heavy atom. The molecular weight excluding hydrogens is 215 g/mol. The van der Waals surface area contributed by atoms with Crippen molar-refractivity contribution in [2.75, 3.05) is 0 Å². The first-order valence-electron chi connectivity index (χ1n) is 6.43. The molecule has 1 fully saturated rings. The maximum Gasteiger partial charge on any atom is 0.128 e. The van der Waals surface area contributed by atoms with E-state index < -0.39 is 0 Å². The van der Waals surface area contributed by atoms with Gasteiger partial charge in [-0.3, -0.25) is 11.3 Å². The van der Waals surface area contributed by atoms with Gasteiger partial charge in [0.15, 0.2) is 0 Å². The molecule has 3 heteroatoms. The summed E-state index contributed by atoms with van der Waals surface area (Å²) in [6.07, 6.45) is 4.70. The van der Waals surface area contributed by atoms with E-state index >= 15 is 0 Å². The predicted octanol–water partition coefficient (Wildman–Crippen LogP) is 3.16. The summed E-state index contributed by atoms with van der Waals surface area (Å²) in [6.45, 7) is 2.28. The smallest absolute Gasteiger partial charge is 0.128 e. The number of hydrazine groups is 1. The normalized spacial score (nSPS) is 26.8. The summed E-state index contributed by atoms with van der Waals surface area (Å²) in [4.78, 5) is 0. The van der Waals surface area contributed by atoms with Crippen LogP contribution in [0.5, 0.6) is 0 Å². The number of rotatable bonds is 3. The molecule has 1 saturated carbocycles. The summed E-state index contributed by atoms with van der Waals surface area (Å²) in [7, 11) is 0. The van der Waals surface area contributed by atoms with Crippen molar-refractivity contribution in [2.45, 2.75) is 38.6 Å². The molecule has 0 aromatic heterocycles. The quantitative estimate of drug-likeness (QED) is 0.625. The van der Waals surface area contributed by atoms with Crippen molar-refractivity contribution >= 4 is 0 Å². The summed E-state index contributed by atoms with van der Waals surface area (Å²) in [6, 6.07) is 6.87. The zero-order valence-corrected chi connectivity index (χ0v) is 10.3. The lowest BCUT2D eigenvalue weighted by Crippen LogP contribution is -2.35. The first-order chi connectivity index (χ1) is 8.22. The van der Waals surface area contributed by atoms with Gasteiger partial charge in [-0.05, 0) is 30.7 Å². The molecule has 0 bridgehead atoms. The van der Waals surface area contributed by atoms with E-state index in [0.717, 1.165) is 18.8 Å². The summed E-state index contributed by atoms with van der Waals surface area (Å²) < 4.78 is 13.8. The third kappa shape index (κ3) is 2.85. The van der Waals surface area contributed by atoms with E-state index in [0.29, 0.717) is 11.5 Å². The monoisotopic (exact) mass is 236 g/mol. The van der Waals surface area contributed by atoms with Crippen LogP contribution >= 0.6 is 0 Å². The van der Waals surface area contributed by atoms with Crippen LogP contribution in [-0.2, 0) is 0 Å². The molecule has 1 unspecified atom stereocenters. The third-order valence-electron chi connectivity index (χ3n) is 3.95. The van der Waals surface area contributed by atoms with Gasteiger partial charge in [0, 0.05) is 5.56 Å². The lowest BCUT2D eigenvalue weighted by molar-refractivity contribution is 0.229. The topological polar surface area (TPSA) is 38.0 Å². The molecule has 1 aromatic rings. The lowest BCUT2D eigenvalue weighted by Gasteiger charge is -2.32. The molecule has 0 radical (unpaired) electrons. The molecule has 0 saturated heterocycles. The van der Waals surface area contributed by atoms with E-state index in [9.17, 15) is 4.39 Å². The summed E-state index contributed by atoms with van der Waals surface area (Å²) >= 11 is 0. The molecule has 1 aliphatic rings. The summed E-state index contributed by atoms with van der Waals surface area (Å²) in [5.74, 6) is 6.71. The molecule has 0 heterocycles. The Bertz CT molecular complexity index is 359. The minimum atomic E-state index is -0.158. The molecule has 17 heavy (non-hydrogen) atoms. The molecule has 3 N–H and O–H groups in total. The minimum absolute atomic E-state index is 0.0521. The number of halogens is 1. The van der Waals surface area contributed by atoms with Gasteiger partial charge in [-0.15, -0.1) is 0 Å². The number of hydrogen-bond donors (Lipinski definition) is 2. The average molecular weight is 236 g/mol. The van der Waals surface area contributed by atoms with Crippen LogP contribution in [0, 0.1) is 17.7 Å². The number of nitrogens with one attached hydrogen (secondary N) is 1. The number of benzene rings is 1. The molecule has 0 amide bonds. The van der Waals surface area contributed by atoms with Gasteiger partial charge in [0.2, 0.25) is 0 Å². The van der Waals surface area contributed by atoms with E-state index in [1.807, 2.05) is 12.1 Å². The highest BCUT2D eigenvalue weighted by molar-refractivity contribution is 5.22. The standard InChI is InChI=1S/C14H21FN2/c1-10-6-8-11(9-7-10)14(17-16)12-4-2-3-5-13(12)15/h2-5,10-11,14,17H,6-9,16H2,1H3. The third-order valence-corrected chi connectivity index (χ3v) is 3.95. The summed E-state index contributed by atoms with van der Waals surface area (Å²) in [5.41, 5.74) is 3.51. The highest BCUT2D eigenvalue weighted by Crippen LogP contribution is 2.36. The second kappa shape index (κ2) is 5.61. The van der Waals surface area contributed by atoms with Crippen LogP contribution in [-0.4, -0.2) is 0 Å². The first kappa shape index (κ1) is 12.5. The van der Waals surface area contributed by atoms with Crippen LogP contribution in [0.2, 0.25) is 0 Å². The van der Waals surface area contributed by atoms with Gasteiger partial charge < -0.3 is 0 Å². The van der Waals surface area contributed by atoms with E-state index in [4.69, 9.17) is 5.84 Å². The molecule has 94 valence electrons. The van der Waals surface area contributed by atoms with Crippen molar-refractivity contribution in [2.24, 2.45) is 17.7 Å². The van der Waals surface area contributed by atoms with Gasteiger partial charge >= 0.3 is 0 Å². The Balaban J connectivity index is 2.14. The van der Waals surface area contributed by atoms with Crippen molar-refractivity contribution in [3.63, 3.8) is 0 Å². The highest BCUT2D eigenvalue weighted by atomic mass is 19.1. The average Bonchev–Trinajstić information content (AvgIpc) is 2.35. The molecule has 1 atom stereocenters. The van der Waals surface area contributed by atoms with E-state index in [1.54, 1.807) is 6.07 Å². The van der Waals surface area contributed by atoms with Gasteiger partial charge in [-0.25, -0.2) is 4.39 Å². The zero-order chi connectivity index (χ0) is 12.3. The zero-order valence-electron chi connectivity index (χ0n) is 10.3. The molecule has 1 aliphatic carbocycles. The van der Waals surface area contributed by atoms with E-state index in [1.165, 1.54) is 18.9 Å². The maximum absolute atomic E-state index is 13.8. The van der Waals surface area contributed by atoms with Crippen molar-refractivity contribution < 1.29 is 4.39 Å². The Hall–Kier alpha value is -0.930. The fourth-order valence-electron chi connectivity index (χ4n) is 2.83. The number of nitrogens with two attached hydrogens (primary N) is 1. The van der Waals surface area contributed by atoms with Gasteiger partial charge in [0.05, 0.1) is 6.04 Å². The van der Waals surface area contributed by atoms with Crippen molar-refractivity contribution in [1.29, 1.82) is 0 Å². The van der Waals surface area contributed by atoms with E-state index in [-0.39, 0.29) is 11.9 Å². The molecular formula is C14H21FN2. The van der Waals surface area contributed by atoms with Gasteiger partial charge in [-0.1, -0.05) is 38.0 Å². The van der Waals surface area contributed by atoms with Gasteiger partial charge in [0.1, 0.15) is 5.82 Å². The molecule has 2 rings (SSSR count). The first-order valence-corrected chi connectivity index (χ1v) is 6.43. The largest absolute Gasteiger partial charge is 0.271 e. The Labute approximate surface area is 102 Å². The lowest BCUT2D eigenvalue weighted by atomic mass is 9.77. The molecule has 0 aliphatic heterocycles. The second-order valence-electron chi connectivity index (χ2n) is 5.19. The van der Waals surface area contributed by atoms with Crippen LogP contribution < -0.4 is 11.3 Å². The van der Waals surface area contributed by atoms with Crippen molar-refractivity contribution in [1.82, 2.24) is 5.43 Å². The van der Waals surface area contributed by atoms with Crippen molar-refractivity contribution in [3.8, 4) is 0 Å². The van der Waals surface area contributed by atoms with Crippen LogP contribution in [0.1, 0.15) is 44.2 Å². The SMILES string of the molecule is CC1CCC(C(NN)c2ccccc2F)CC1. The number of hydrogen-bond acceptors (Lipinski definition) is 2. The van der Waals surface area contributed by atoms with Crippen molar-refractivity contribution in [3.05, 3.63) is 35.6 Å². The van der Waals surface area contributed by atoms with Gasteiger partial charge in [0.25, 0.3) is 0 Å². The summed E-state index contributed by atoms with van der Waals surface area (Å²) in [5, 5.41) is 0. The van der Waals surface area contributed by atoms with Crippen LogP contribution in [0.25, 0.3) is 0 Å². The molecule has 1 aromatic carbocycles. The molecule has 0 spiro atoms. The minimum Gasteiger partial charge on any atom is -0.271 e. The van der Waals surface area contributed by atoms with E-state index in [2.05, 4.69) is 12.3 Å². The maximum atomic E-state index is 13.8. The Kier molecular flexibility index (Phi) is 4.13. The highest BCUT2D eigenvalue weighted by Gasteiger charge is 2.27. The van der Waals surface area contributed by atoms with Gasteiger partial charge in [-0.2, -0.15) is 0 Å². The van der Waals surface area contributed by atoms with Crippen LogP contribution in [0.4, 0.5) is 4.39 Å². The fourth-order valence-corrected chi connectivity index (χ4v) is 2.83. The van der Waals surface area contributed by atoms with Crippen LogP contribution in [0.15, 0.2) is 24.3 Å².